The van der Waals surface area contributed by atoms with Crippen LogP contribution in [0.25, 0.3) is 0 Å². The summed E-state index contributed by atoms with van der Waals surface area (Å²) in [4.78, 5) is 20.4. The van der Waals surface area contributed by atoms with Crippen molar-refractivity contribution in [1.29, 1.82) is 0 Å². The second-order valence-corrected chi connectivity index (χ2v) is 5.11. The van der Waals surface area contributed by atoms with Gasteiger partial charge in [0, 0.05) is 19.4 Å². The second kappa shape index (κ2) is 6.10. The minimum atomic E-state index is -0.277. The van der Waals surface area contributed by atoms with Gasteiger partial charge in [-0.2, -0.15) is 5.10 Å². The summed E-state index contributed by atoms with van der Waals surface area (Å²) in [5.41, 5.74) is 0.901. The molecular formula is C14H17N5O3. The number of amides is 1. The third-order valence-electron chi connectivity index (χ3n) is 3.41. The van der Waals surface area contributed by atoms with Crippen LogP contribution in [0.2, 0.25) is 0 Å². The molecule has 116 valence electrons. The Kier molecular flexibility index (Phi) is 4.01. The predicted octanol–water partition coefficient (Wildman–Crippen LogP) is 0.0947. The molecule has 8 nitrogen and oxygen atoms in total. The van der Waals surface area contributed by atoms with Crippen LogP contribution in [0.1, 0.15) is 16.2 Å². The Balaban J connectivity index is 1.66. The molecule has 1 aliphatic heterocycles. The second-order valence-electron chi connectivity index (χ2n) is 5.11. The van der Waals surface area contributed by atoms with E-state index in [2.05, 4.69) is 20.4 Å². The van der Waals surface area contributed by atoms with Crippen LogP contribution in [0.4, 0.5) is 0 Å². The summed E-state index contributed by atoms with van der Waals surface area (Å²) in [6.45, 7) is 2.56. The Hall–Kier alpha value is -2.48. The largest absolute Gasteiger partial charge is 0.482 e. The first-order valence-corrected chi connectivity index (χ1v) is 6.95. The van der Waals surface area contributed by atoms with Crippen LogP contribution in [0.5, 0.6) is 5.75 Å². The van der Waals surface area contributed by atoms with Gasteiger partial charge in [-0.3, -0.25) is 14.5 Å². The van der Waals surface area contributed by atoms with Crippen LogP contribution in [-0.4, -0.2) is 51.0 Å². The number of aromatic nitrogens is 4. The molecule has 8 heteroatoms. The van der Waals surface area contributed by atoms with Crippen LogP contribution >= 0.6 is 0 Å². The molecular weight excluding hydrogens is 286 g/mol. The molecule has 0 spiro atoms. The van der Waals surface area contributed by atoms with Crippen LogP contribution in [0.15, 0.2) is 24.8 Å². The highest BCUT2D eigenvalue weighted by atomic mass is 16.5. The average molecular weight is 303 g/mol. The number of nitrogens with zero attached hydrogens (tertiary/aromatic N) is 4. The van der Waals surface area contributed by atoms with Crippen molar-refractivity contribution in [3.63, 3.8) is 0 Å². The molecule has 2 atom stereocenters. The molecule has 2 aromatic heterocycles. The first-order valence-electron chi connectivity index (χ1n) is 6.95. The number of carbonyl (C=O) groups is 1. The summed E-state index contributed by atoms with van der Waals surface area (Å²) >= 11 is 0. The van der Waals surface area contributed by atoms with Gasteiger partial charge < -0.3 is 14.8 Å². The van der Waals surface area contributed by atoms with Gasteiger partial charge in [-0.05, 0) is 6.92 Å². The molecule has 1 fully saturated rings. The average Bonchev–Trinajstić information content (AvgIpc) is 3.09. The minimum Gasteiger partial charge on any atom is -0.482 e. The normalized spacial score (nSPS) is 20.8. The lowest BCUT2D eigenvalue weighted by atomic mass is 10.2. The van der Waals surface area contributed by atoms with Crippen LogP contribution in [-0.2, 0) is 11.8 Å². The fourth-order valence-electron chi connectivity index (χ4n) is 2.29. The van der Waals surface area contributed by atoms with E-state index in [1.807, 2.05) is 7.05 Å². The highest BCUT2D eigenvalue weighted by Gasteiger charge is 2.32. The maximum atomic E-state index is 12.3. The molecule has 0 unspecified atom stereocenters. The maximum absolute atomic E-state index is 12.3. The number of hydrogen-bond acceptors (Lipinski definition) is 6. The minimum absolute atomic E-state index is 0.242. The van der Waals surface area contributed by atoms with Gasteiger partial charge in [-0.1, -0.05) is 0 Å². The highest BCUT2D eigenvalue weighted by Crippen LogP contribution is 2.16. The number of carbonyl (C=O) groups excluding carboxylic acids is 1. The number of aryl methyl sites for hydroxylation is 2. The smallest absolute Gasteiger partial charge is 0.272 e. The number of hydrogen-bond donors (Lipinski definition) is 1. The topological polar surface area (TPSA) is 91.2 Å². The van der Waals surface area contributed by atoms with Gasteiger partial charge in [-0.15, -0.1) is 0 Å². The standard InChI is InChI=1S/C14H17N5O3/c1-9-13(16-4-3-15-9)14(20)18-11-7-21-8-12(11)22-10-5-17-19(2)6-10/h3-6,11-12H,7-8H2,1-2H3,(H,18,20)/t11-,12+/m0/s1. The molecule has 1 aliphatic rings. The summed E-state index contributed by atoms with van der Waals surface area (Å²) < 4.78 is 12.9. The summed E-state index contributed by atoms with van der Waals surface area (Å²) in [6, 6.07) is -0.242. The Morgan fingerprint density at radius 2 is 2.23 bits per heavy atom. The molecule has 0 aliphatic carbocycles. The van der Waals surface area contributed by atoms with Gasteiger partial charge in [0.2, 0.25) is 0 Å². The van der Waals surface area contributed by atoms with E-state index in [1.165, 1.54) is 6.20 Å². The lowest BCUT2D eigenvalue weighted by molar-refractivity contribution is 0.0898. The van der Waals surface area contributed by atoms with Crippen molar-refractivity contribution < 1.29 is 14.3 Å². The zero-order valence-corrected chi connectivity index (χ0v) is 12.4. The van der Waals surface area contributed by atoms with Gasteiger partial charge in [0.05, 0.1) is 37.3 Å². The number of rotatable bonds is 4. The van der Waals surface area contributed by atoms with E-state index in [9.17, 15) is 4.79 Å². The van der Waals surface area contributed by atoms with Crippen molar-refractivity contribution in [2.45, 2.75) is 19.1 Å². The van der Waals surface area contributed by atoms with E-state index < -0.39 is 0 Å². The SMILES string of the molecule is Cc1nccnc1C(=O)N[C@H]1COC[C@H]1Oc1cnn(C)c1. The quantitative estimate of drug-likeness (QED) is 0.861. The van der Waals surface area contributed by atoms with Crippen molar-refractivity contribution in [2.24, 2.45) is 7.05 Å². The first kappa shape index (κ1) is 14.5. The molecule has 0 aromatic carbocycles. The van der Waals surface area contributed by atoms with E-state index in [0.717, 1.165) is 0 Å². The molecule has 2 aromatic rings. The predicted molar refractivity (Wildman–Crippen MR) is 76.5 cm³/mol. The van der Waals surface area contributed by atoms with Crippen molar-refractivity contribution in [2.75, 3.05) is 13.2 Å². The molecule has 1 N–H and O–H groups in total. The van der Waals surface area contributed by atoms with Crippen molar-refractivity contribution in [3.8, 4) is 5.75 Å². The monoisotopic (exact) mass is 303 g/mol. The summed E-state index contributed by atoms with van der Waals surface area (Å²) in [6.07, 6.45) is 6.19. The number of nitrogens with one attached hydrogen (secondary N) is 1. The first-order chi connectivity index (χ1) is 10.6. The van der Waals surface area contributed by atoms with Gasteiger partial charge in [0.15, 0.2) is 5.75 Å². The Morgan fingerprint density at radius 1 is 1.41 bits per heavy atom. The van der Waals surface area contributed by atoms with Gasteiger partial charge in [-0.25, -0.2) is 4.98 Å². The van der Waals surface area contributed by atoms with Gasteiger partial charge >= 0.3 is 0 Å². The van der Waals surface area contributed by atoms with E-state index in [-0.39, 0.29) is 18.1 Å². The van der Waals surface area contributed by atoms with E-state index in [4.69, 9.17) is 9.47 Å². The Bertz CT molecular complexity index is 672. The summed E-state index contributed by atoms with van der Waals surface area (Å²) in [5, 5.41) is 6.94. The van der Waals surface area contributed by atoms with Gasteiger partial charge in [0.25, 0.3) is 5.91 Å². The maximum Gasteiger partial charge on any atom is 0.272 e. The van der Waals surface area contributed by atoms with E-state index >= 15 is 0 Å². The lowest BCUT2D eigenvalue weighted by Gasteiger charge is -2.19. The lowest BCUT2D eigenvalue weighted by Crippen LogP contribution is -2.45. The molecule has 0 bridgehead atoms. The molecule has 0 radical (unpaired) electrons. The molecule has 3 rings (SSSR count). The third kappa shape index (κ3) is 3.06. The van der Waals surface area contributed by atoms with Crippen LogP contribution in [0.3, 0.4) is 0 Å². The summed E-state index contributed by atoms with van der Waals surface area (Å²) in [5.74, 6) is 0.369. The Labute approximate surface area is 127 Å². The fraction of sp³-hybridized carbons (Fsp3) is 0.429. The molecule has 22 heavy (non-hydrogen) atoms. The highest BCUT2D eigenvalue weighted by molar-refractivity contribution is 5.93. The summed E-state index contributed by atoms with van der Waals surface area (Å²) in [7, 11) is 1.81. The third-order valence-corrected chi connectivity index (χ3v) is 3.41. The van der Waals surface area contributed by atoms with Gasteiger partial charge in [0.1, 0.15) is 11.8 Å². The molecule has 3 heterocycles. The zero-order chi connectivity index (χ0) is 15.5. The van der Waals surface area contributed by atoms with Crippen molar-refractivity contribution in [3.05, 3.63) is 36.2 Å². The van der Waals surface area contributed by atoms with Crippen LogP contribution < -0.4 is 10.1 Å². The van der Waals surface area contributed by atoms with Crippen molar-refractivity contribution >= 4 is 5.91 Å². The number of ether oxygens (including phenoxy) is 2. The zero-order valence-electron chi connectivity index (χ0n) is 12.4. The molecule has 1 saturated heterocycles. The van der Waals surface area contributed by atoms with E-state index in [0.29, 0.717) is 30.4 Å². The fourth-order valence-corrected chi connectivity index (χ4v) is 2.29. The molecule has 0 saturated carbocycles. The molecule has 1 amide bonds. The van der Waals surface area contributed by atoms with Crippen molar-refractivity contribution in [1.82, 2.24) is 25.1 Å². The Morgan fingerprint density at radius 3 is 2.95 bits per heavy atom. The van der Waals surface area contributed by atoms with Crippen LogP contribution in [0, 0.1) is 6.92 Å². The van der Waals surface area contributed by atoms with E-state index in [1.54, 1.807) is 30.2 Å².